The number of rotatable bonds is 9. The van der Waals surface area contributed by atoms with Gasteiger partial charge >= 0.3 is 0 Å². The topological polar surface area (TPSA) is 99.2 Å². The van der Waals surface area contributed by atoms with E-state index < -0.39 is 16.1 Å². The van der Waals surface area contributed by atoms with Crippen molar-refractivity contribution >= 4 is 33.2 Å². The molecule has 0 radical (unpaired) electrons. The monoisotopic (exact) mass is 571 g/mol. The van der Waals surface area contributed by atoms with Gasteiger partial charge in [-0.25, -0.2) is 8.42 Å². The molecule has 0 bridgehead atoms. The van der Waals surface area contributed by atoms with Crippen LogP contribution in [0.15, 0.2) is 77.7 Å². The van der Waals surface area contributed by atoms with Crippen molar-refractivity contribution < 1.29 is 23.1 Å². The first-order valence-corrected chi connectivity index (χ1v) is 14.7. The number of carbonyl (C=O) groups excluding carboxylic acids is 1. The number of aliphatic hydroxyl groups excluding tert-OH is 1. The second-order valence-corrected chi connectivity index (χ2v) is 12.2. The third-order valence-corrected chi connectivity index (χ3v) is 8.48. The Balaban J connectivity index is 1.63. The Hall–Kier alpha value is -3.11. The van der Waals surface area contributed by atoms with Crippen LogP contribution < -0.4 is 9.46 Å². The van der Waals surface area contributed by atoms with Gasteiger partial charge in [-0.2, -0.15) is 0 Å². The highest BCUT2D eigenvalue weighted by Crippen LogP contribution is 2.31. The van der Waals surface area contributed by atoms with E-state index in [1.807, 2.05) is 32.2 Å². The highest BCUT2D eigenvalue weighted by molar-refractivity contribution is 7.92. The molecule has 4 rings (SSSR count). The predicted molar refractivity (Wildman–Crippen MR) is 153 cm³/mol. The van der Waals surface area contributed by atoms with E-state index in [0.717, 1.165) is 6.54 Å². The SMILES string of the molecule is C[C@@H]1CN([C@@H](C)CO)C(=O)c2cc(NS(=O)(=O)c3ccc(Cl)cc3)ccc2O[C@@H]1CN(C)Cc1ccccc1. The van der Waals surface area contributed by atoms with Crippen LogP contribution in [0.1, 0.15) is 29.8 Å². The van der Waals surface area contributed by atoms with E-state index in [4.69, 9.17) is 16.3 Å². The highest BCUT2D eigenvalue weighted by Gasteiger charge is 2.33. The van der Waals surface area contributed by atoms with Crippen LogP contribution in [0.3, 0.4) is 0 Å². The molecule has 0 saturated heterocycles. The van der Waals surface area contributed by atoms with Crippen molar-refractivity contribution in [1.29, 1.82) is 0 Å². The zero-order valence-corrected chi connectivity index (χ0v) is 23.8. The minimum Gasteiger partial charge on any atom is -0.488 e. The van der Waals surface area contributed by atoms with Gasteiger partial charge < -0.3 is 14.7 Å². The number of anilines is 1. The summed E-state index contributed by atoms with van der Waals surface area (Å²) in [5, 5.41) is 10.3. The van der Waals surface area contributed by atoms with Gasteiger partial charge in [0.25, 0.3) is 15.9 Å². The lowest BCUT2D eigenvalue weighted by atomic mass is 9.99. The van der Waals surface area contributed by atoms with Crippen LogP contribution >= 0.6 is 11.6 Å². The van der Waals surface area contributed by atoms with Crippen molar-refractivity contribution in [2.24, 2.45) is 5.92 Å². The molecule has 0 unspecified atom stereocenters. The molecule has 8 nitrogen and oxygen atoms in total. The Morgan fingerprint density at radius 2 is 1.82 bits per heavy atom. The van der Waals surface area contributed by atoms with Crippen molar-refractivity contribution in [3.8, 4) is 5.75 Å². The number of halogens is 1. The average molecular weight is 572 g/mol. The van der Waals surface area contributed by atoms with Crippen LogP contribution in [0.2, 0.25) is 5.02 Å². The smallest absolute Gasteiger partial charge is 0.261 e. The van der Waals surface area contributed by atoms with E-state index in [9.17, 15) is 18.3 Å². The molecule has 1 heterocycles. The van der Waals surface area contributed by atoms with Crippen molar-refractivity contribution in [2.45, 2.75) is 37.4 Å². The van der Waals surface area contributed by atoms with Gasteiger partial charge in [0.15, 0.2) is 0 Å². The third-order valence-electron chi connectivity index (χ3n) is 6.83. The molecule has 1 aliphatic heterocycles. The fraction of sp³-hybridized carbons (Fsp3) is 0.345. The molecule has 1 aliphatic rings. The number of amides is 1. The number of sulfonamides is 1. The zero-order chi connectivity index (χ0) is 28.2. The van der Waals surface area contributed by atoms with Gasteiger partial charge in [0.2, 0.25) is 0 Å². The maximum Gasteiger partial charge on any atom is 0.261 e. The molecule has 3 atom stereocenters. The number of carbonyl (C=O) groups is 1. The van der Waals surface area contributed by atoms with Crippen LogP contribution in [0.25, 0.3) is 0 Å². The van der Waals surface area contributed by atoms with Crippen LogP contribution in [0.4, 0.5) is 5.69 Å². The molecule has 3 aromatic carbocycles. The van der Waals surface area contributed by atoms with Crippen molar-refractivity contribution in [3.63, 3.8) is 0 Å². The van der Waals surface area contributed by atoms with E-state index >= 15 is 0 Å². The van der Waals surface area contributed by atoms with Gasteiger partial charge in [-0.3, -0.25) is 14.4 Å². The summed E-state index contributed by atoms with van der Waals surface area (Å²) in [5.74, 6) is 0.00804. The number of fused-ring (bicyclic) bond motifs is 1. The summed E-state index contributed by atoms with van der Waals surface area (Å²) in [6.45, 7) is 5.35. The van der Waals surface area contributed by atoms with E-state index in [1.54, 1.807) is 24.0 Å². The minimum absolute atomic E-state index is 0.0302. The summed E-state index contributed by atoms with van der Waals surface area (Å²) >= 11 is 5.90. The Morgan fingerprint density at radius 3 is 2.49 bits per heavy atom. The normalized spacial score (nSPS) is 18.6. The van der Waals surface area contributed by atoms with Gasteiger partial charge in [-0.15, -0.1) is 0 Å². The molecule has 2 N–H and O–H groups in total. The summed E-state index contributed by atoms with van der Waals surface area (Å²) in [6, 6.07) is 20.2. The number of likely N-dealkylation sites (N-methyl/N-ethyl adjacent to an activating group) is 1. The highest BCUT2D eigenvalue weighted by atomic mass is 35.5. The van der Waals surface area contributed by atoms with Gasteiger partial charge in [0.05, 0.1) is 23.1 Å². The fourth-order valence-corrected chi connectivity index (χ4v) is 5.77. The lowest BCUT2D eigenvalue weighted by Gasteiger charge is -2.38. The quantitative estimate of drug-likeness (QED) is 0.392. The van der Waals surface area contributed by atoms with Crippen LogP contribution in [-0.2, 0) is 16.6 Å². The molecular weight excluding hydrogens is 538 g/mol. The van der Waals surface area contributed by atoms with Gasteiger partial charge in [0, 0.05) is 36.3 Å². The summed E-state index contributed by atoms with van der Waals surface area (Å²) in [7, 11) is -1.89. The van der Waals surface area contributed by atoms with Crippen LogP contribution in [0, 0.1) is 5.92 Å². The largest absolute Gasteiger partial charge is 0.488 e. The zero-order valence-electron chi connectivity index (χ0n) is 22.2. The van der Waals surface area contributed by atoms with E-state index in [2.05, 4.69) is 21.8 Å². The van der Waals surface area contributed by atoms with Crippen molar-refractivity contribution in [3.05, 3.63) is 88.9 Å². The molecule has 39 heavy (non-hydrogen) atoms. The molecule has 1 amide bonds. The molecule has 3 aromatic rings. The summed E-state index contributed by atoms with van der Waals surface area (Å²) in [6.07, 6.45) is -0.254. The van der Waals surface area contributed by atoms with Gasteiger partial charge in [-0.1, -0.05) is 48.9 Å². The standard InChI is InChI=1S/C29H34ClN3O5S/c1-20-16-33(21(2)19-34)29(35)26-15-24(31-39(36,37)25-12-9-23(30)10-13-25)11-14-27(26)38-28(20)18-32(3)17-22-7-5-4-6-8-22/h4-15,20-21,28,31,34H,16-19H2,1-3H3/t20-,21+,28-/m1/s1. The Morgan fingerprint density at radius 1 is 1.13 bits per heavy atom. The number of hydrogen-bond donors (Lipinski definition) is 2. The first-order valence-electron chi connectivity index (χ1n) is 12.8. The van der Waals surface area contributed by atoms with E-state index in [-0.39, 0.29) is 40.7 Å². The fourth-order valence-electron chi connectivity index (χ4n) is 4.60. The van der Waals surface area contributed by atoms with Crippen LogP contribution in [0.5, 0.6) is 5.75 Å². The number of hydrogen-bond acceptors (Lipinski definition) is 6. The molecular formula is C29H34ClN3O5S. The number of nitrogens with zero attached hydrogens (tertiary/aromatic N) is 2. The molecule has 0 aliphatic carbocycles. The Kier molecular flexibility index (Phi) is 9.17. The Labute approximate surface area is 235 Å². The van der Waals surface area contributed by atoms with E-state index in [1.165, 1.54) is 35.9 Å². The lowest BCUT2D eigenvalue weighted by Crippen LogP contribution is -2.49. The van der Waals surface area contributed by atoms with E-state index in [0.29, 0.717) is 23.9 Å². The average Bonchev–Trinajstić information content (AvgIpc) is 2.91. The maximum absolute atomic E-state index is 13.7. The first kappa shape index (κ1) is 28.9. The van der Waals surface area contributed by atoms with Gasteiger partial charge in [-0.05, 0) is 62.0 Å². The number of aliphatic hydroxyl groups is 1. The molecule has 0 saturated carbocycles. The molecule has 10 heteroatoms. The van der Waals surface area contributed by atoms with Crippen LogP contribution in [-0.4, -0.2) is 68.1 Å². The lowest BCUT2D eigenvalue weighted by molar-refractivity contribution is 0.0341. The summed E-state index contributed by atoms with van der Waals surface area (Å²) in [5.41, 5.74) is 1.64. The van der Waals surface area contributed by atoms with Crippen molar-refractivity contribution in [2.75, 3.05) is 31.5 Å². The third kappa shape index (κ3) is 7.10. The second-order valence-electron chi connectivity index (χ2n) is 10.1. The summed E-state index contributed by atoms with van der Waals surface area (Å²) in [4.78, 5) is 17.5. The second kappa shape index (κ2) is 12.4. The predicted octanol–water partition coefficient (Wildman–Crippen LogP) is 4.49. The molecule has 0 fully saturated rings. The van der Waals surface area contributed by atoms with Gasteiger partial charge in [0.1, 0.15) is 11.9 Å². The first-order chi connectivity index (χ1) is 18.6. The number of benzene rings is 3. The molecule has 208 valence electrons. The summed E-state index contributed by atoms with van der Waals surface area (Å²) < 4.78 is 34.9. The molecule has 0 spiro atoms. The Bertz CT molecular complexity index is 1390. The molecule has 0 aromatic heterocycles. The number of ether oxygens (including phenoxy) is 1. The van der Waals surface area contributed by atoms with Crippen molar-refractivity contribution in [1.82, 2.24) is 9.80 Å². The number of nitrogens with one attached hydrogen (secondary N) is 1. The minimum atomic E-state index is -3.91. The maximum atomic E-state index is 13.7.